The molecular weight excluding hydrogens is 644 g/mol. The average Bonchev–Trinajstić information content (AvgIpc) is 3.84. The summed E-state index contributed by atoms with van der Waals surface area (Å²) in [7, 11) is 0. The molecule has 6 atom stereocenters. The molecule has 0 radical (unpaired) electrons. The number of carbonyl (C=O) groups excluding carboxylic acids is 3. The monoisotopic (exact) mass is 686 g/mol. The highest BCUT2D eigenvalue weighted by Gasteiger charge is 2.52. The first-order valence-corrected chi connectivity index (χ1v) is 18.1. The van der Waals surface area contributed by atoms with E-state index in [1.165, 1.54) is 11.8 Å². The van der Waals surface area contributed by atoms with E-state index in [4.69, 9.17) is 14.2 Å². The molecule has 6 heterocycles. The van der Waals surface area contributed by atoms with Gasteiger partial charge in [0.05, 0.1) is 41.7 Å². The molecule has 6 aliphatic rings. The Balaban J connectivity index is 0.893. The number of nitrogens with zero attached hydrogens (tertiary/aromatic N) is 3. The fourth-order valence-corrected chi connectivity index (χ4v) is 9.31. The van der Waals surface area contributed by atoms with E-state index in [9.17, 15) is 14.4 Å². The molecule has 2 aromatic carbocycles. The number of para-hydroxylation sites is 1. The number of benzene rings is 2. The molecule has 0 aliphatic carbocycles. The molecule has 6 aliphatic heterocycles. The molecule has 12 nitrogen and oxygen atoms in total. The third kappa shape index (κ3) is 6.57. The SMILES string of the molecule is Cc1cc(Oc2ccccc2)ccc1N1C(=O)NC2=C(C(=O)N[C@@H]3CCN(C(=O)/C=C/CN4C[C@@H]5OCCO[C@@H]5C4)C3)SC3NCCC1C23. The van der Waals surface area contributed by atoms with Crippen LogP contribution in [0, 0.1) is 12.8 Å². The number of piperidine rings is 1. The van der Waals surface area contributed by atoms with E-state index >= 15 is 0 Å². The normalized spacial score (nSPS) is 29.6. The van der Waals surface area contributed by atoms with Crippen LogP contribution in [-0.4, -0.2) is 110 Å². The lowest BCUT2D eigenvalue weighted by Gasteiger charge is -2.46. The largest absolute Gasteiger partial charge is 0.457 e. The van der Waals surface area contributed by atoms with Gasteiger partial charge in [0.2, 0.25) is 5.91 Å². The maximum Gasteiger partial charge on any atom is 0.326 e. The van der Waals surface area contributed by atoms with Crippen molar-refractivity contribution >= 4 is 35.3 Å². The standard InChI is InChI=1S/C36H42N6O6S/c1-22-18-25(48-24-6-3-2-4-7-24)9-10-26(22)42-27-11-13-37-35-31(27)32(39-36(42)45)33(49-35)34(44)38-23-12-15-41(19-23)30(43)8-5-14-40-20-28-29(21-40)47-17-16-46-28/h2-10,18,23,27-29,31,35,37H,11-17,19-21H2,1H3,(H,38,44)(H,39,45)/b8-5+/t23-,27?,28-,29+,31?,35?/m1/s1. The van der Waals surface area contributed by atoms with E-state index in [-0.39, 0.29) is 53.4 Å². The first-order chi connectivity index (χ1) is 23.9. The van der Waals surface area contributed by atoms with Crippen molar-refractivity contribution in [3.8, 4) is 11.5 Å². The summed E-state index contributed by atoms with van der Waals surface area (Å²) in [6.45, 7) is 7.33. The molecule has 0 aromatic heterocycles. The average molecular weight is 687 g/mol. The van der Waals surface area contributed by atoms with Crippen LogP contribution in [0.25, 0.3) is 0 Å². The Morgan fingerprint density at radius 1 is 1.04 bits per heavy atom. The number of hydrogen-bond acceptors (Lipinski definition) is 9. The number of likely N-dealkylation sites (tertiary alicyclic amines) is 2. The summed E-state index contributed by atoms with van der Waals surface area (Å²) in [5.74, 6) is 1.16. The molecular formula is C36H42N6O6S. The number of fused-ring (bicyclic) bond motifs is 1. The third-order valence-electron chi connectivity index (χ3n) is 10.3. The Morgan fingerprint density at radius 2 is 1.84 bits per heavy atom. The number of carbonyl (C=O) groups is 3. The van der Waals surface area contributed by atoms with Crippen LogP contribution in [-0.2, 0) is 19.1 Å². The molecule has 4 amide bonds. The van der Waals surface area contributed by atoms with E-state index < -0.39 is 0 Å². The van der Waals surface area contributed by atoms with Crippen molar-refractivity contribution in [3.05, 3.63) is 76.8 Å². The van der Waals surface area contributed by atoms with Gasteiger partial charge in [0.15, 0.2) is 0 Å². The zero-order valence-corrected chi connectivity index (χ0v) is 28.3. The minimum absolute atomic E-state index is 0.0249. The van der Waals surface area contributed by atoms with E-state index in [1.807, 2.05) is 66.4 Å². The molecule has 3 unspecified atom stereocenters. The highest BCUT2D eigenvalue weighted by Crippen LogP contribution is 2.48. The molecule has 5 saturated heterocycles. The molecule has 13 heteroatoms. The fraction of sp³-hybridized carbons (Fsp3) is 0.472. The summed E-state index contributed by atoms with van der Waals surface area (Å²) in [6.07, 6.45) is 5.22. The minimum atomic E-state index is -0.235. The Morgan fingerprint density at radius 3 is 2.61 bits per heavy atom. The number of hydrogen-bond donors (Lipinski definition) is 3. The van der Waals surface area contributed by atoms with Crippen LogP contribution in [0.15, 0.2) is 71.3 Å². The van der Waals surface area contributed by atoms with Gasteiger partial charge in [0.25, 0.3) is 5.91 Å². The Kier molecular flexibility index (Phi) is 9.10. The maximum atomic E-state index is 13.8. The van der Waals surface area contributed by atoms with Crippen molar-refractivity contribution in [2.75, 3.05) is 57.4 Å². The number of nitrogens with one attached hydrogen (secondary N) is 3. The summed E-state index contributed by atoms with van der Waals surface area (Å²) in [5, 5.41) is 9.81. The molecule has 2 aromatic rings. The van der Waals surface area contributed by atoms with Crippen LogP contribution in [0.1, 0.15) is 18.4 Å². The predicted molar refractivity (Wildman–Crippen MR) is 185 cm³/mol. The van der Waals surface area contributed by atoms with Gasteiger partial charge in [-0.25, -0.2) is 4.79 Å². The summed E-state index contributed by atoms with van der Waals surface area (Å²) in [5.41, 5.74) is 2.46. The van der Waals surface area contributed by atoms with Crippen molar-refractivity contribution in [1.82, 2.24) is 25.8 Å². The molecule has 0 bridgehead atoms. The van der Waals surface area contributed by atoms with Gasteiger partial charge >= 0.3 is 6.03 Å². The van der Waals surface area contributed by atoms with E-state index in [0.29, 0.717) is 55.6 Å². The van der Waals surface area contributed by atoms with Gasteiger partial charge in [-0.15, -0.1) is 0 Å². The van der Waals surface area contributed by atoms with Crippen molar-refractivity contribution in [1.29, 1.82) is 0 Å². The van der Waals surface area contributed by atoms with Crippen LogP contribution in [0.5, 0.6) is 11.5 Å². The van der Waals surface area contributed by atoms with Gasteiger partial charge in [0, 0.05) is 62.1 Å². The number of amides is 4. The van der Waals surface area contributed by atoms with Crippen molar-refractivity contribution in [3.63, 3.8) is 0 Å². The van der Waals surface area contributed by atoms with Crippen LogP contribution in [0.4, 0.5) is 10.5 Å². The van der Waals surface area contributed by atoms with Gasteiger partial charge in [-0.1, -0.05) is 36.0 Å². The number of urea groups is 1. The number of ether oxygens (including phenoxy) is 3. The fourth-order valence-electron chi connectivity index (χ4n) is 7.91. The first kappa shape index (κ1) is 32.3. The molecule has 5 fully saturated rings. The van der Waals surface area contributed by atoms with Gasteiger partial charge in [-0.05, 0) is 62.2 Å². The molecule has 49 heavy (non-hydrogen) atoms. The lowest BCUT2D eigenvalue weighted by molar-refractivity contribution is -0.125. The number of anilines is 1. The highest BCUT2D eigenvalue weighted by molar-refractivity contribution is 8.04. The second-order valence-electron chi connectivity index (χ2n) is 13.5. The summed E-state index contributed by atoms with van der Waals surface area (Å²) < 4.78 is 17.6. The zero-order chi connectivity index (χ0) is 33.5. The van der Waals surface area contributed by atoms with Gasteiger partial charge in [-0.2, -0.15) is 0 Å². The van der Waals surface area contributed by atoms with Crippen molar-refractivity contribution in [2.45, 2.75) is 49.4 Å². The smallest absolute Gasteiger partial charge is 0.326 e. The van der Waals surface area contributed by atoms with Gasteiger partial charge < -0.3 is 35.1 Å². The summed E-state index contributed by atoms with van der Waals surface area (Å²) >= 11 is 1.49. The lowest BCUT2D eigenvalue weighted by atomic mass is 9.86. The van der Waals surface area contributed by atoms with Crippen LogP contribution in [0.2, 0.25) is 0 Å². The van der Waals surface area contributed by atoms with Crippen LogP contribution in [0.3, 0.4) is 0 Å². The third-order valence-corrected chi connectivity index (χ3v) is 11.6. The topological polar surface area (TPSA) is 125 Å². The molecule has 0 saturated carbocycles. The zero-order valence-electron chi connectivity index (χ0n) is 27.5. The number of thioether (sulfide) groups is 1. The molecule has 0 spiro atoms. The summed E-state index contributed by atoms with van der Waals surface area (Å²) in [4.78, 5) is 46.9. The molecule has 3 N–H and O–H groups in total. The van der Waals surface area contributed by atoms with Gasteiger partial charge in [-0.3, -0.25) is 19.4 Å². The van der Waals surface area contributed by atoms with E-state index in [1.54, 1.807) is 11.0 Å². The quantitative estimate of drug-likeness (QED) is 0.360. The molecule has 8 rings (SSSR count). The second-order valence-corrected chi connectivity index (χ2v) is 14.6. The minimum Gasteiger partial charge on any atom is -0.457 e. The van der Waals surface area contributed by atoms with E-state index in [2.05, 4.69) is 20.9 Å². The number of aryl methyl sites for hydroxylation is 1. The second kappa shape index (κ2) is 13.8. The Labute approximate surface area is 290 Å². The van der Waals surface area contributed by atoms with E-state index in [0.717, 1.165) is 43.1 Å². The Hall–Kier alpha value is -3.88. The first-order valence-electron chi connectivity index (χ1n) is 17.2. The Bertz CT molecular complexity index is 1660. The van der Waals surface area contributed by atoms with Crippen molar-refractivity contribution in [2.24, 2.45) is 5.92 Å². The maximum absolute atomic E-state index is 13.8. The highest BCUT2D eigenvalue weighted by atomic mass is 32.2. The predicted octanol–water partition coefficient (Wildman–Crippen LogP) is 2.95. The van der Waals surface area contributed by atoms with Crippen molar-refractivity contribution < 1.29 is 28.6 Å². The number of rotatable bonds is 8. The summed E-state index contributed by atoms with van der Waals surface area (Å²) in [6, 6.07) is 14.9. The lowest BCUT2D eigenvalue weighted by Crippen LogP contribution is -2.62. The molecule has 258 valence electrons. The van der Waals surface area contributed by atoms with Crippen LogP contribution < -0.4 is 25.6 Å². The van der Waals surface area contributed by atoms with Crippen LogP contribution >= 0.6 is 11.8 Å². The van der Waals surface area contributed by atoms with Gasteiger partial charge in [0.1, 0.15) is 11.5 Å².